The molecule has 1 aromatic heterocycles. The molecule has 0 saturated heterocycles. The quantitative estimate of drug-likeness (QED) is 0.632. The van der Waals surface area contributed by atoms with Crippen LogP contribution in [-0.4, -0.2) is 39.2 Å². The third kappa shape index (κ3) is 3.10. The van der Waals surface area contributed by atoms with Gasteiger partial charge < -0.3 is 30.2 Å². The number of ketones is 1. The van der Waals surface area contributed by atoms with E-state index >= 15 is 0 Å². The van der Waals surface area contributed by atoms with Crippen LogP contribution in [0, 0.1) is 6.92 Å². The predicted octanol–water partition coefficient (Wildman–Crippen LogP) is 1.28. The summed E-state index contributed by atoms with van der Waals surface area (Å²) in [6.07, 6.45) is 0.649. The Morgan fingerprint density at radius 1 is 1.38 bits per heavy atom. The lowest BCUT2D eigenvalue weighted by atomic mass is 9.95. The van der Waals surface area contributed by atoms with Crippen LogP contribution < -0.4 is 30.2 Å². The number of nitrogens with two attached hydrogens (primary N) is 1. The Balaban J connectivity index is 1.83. The van der Waals surface area contributed by atoms with Crippen LogP contribution in [0.4, 0.5) is 5.00 Å². The number of rotatable bonds is 5. The lowest BCUT2D eigenvalue weighted by Gasteiger charge is -2.33. The standard InChI is InChI=1S/C20H23N3O5S/c1-9-13(18(21)25)20(29-17(9)10(2)24)22-19-14-11(5-6-23(19)3)7-12-15(16(14)26-4)28-8-27-12/h7,19,22H,5-6,8H2,1-4H3,(H2,21,25)/p+1/t19-/m1/s1. The first-order valence-electron chi connectivity index (χ1n) is 9.35. The van der Waals surface area contributed by atoms with E-state index in [0.29, 0.717) is 38.3 Å². The van der Waals surface area contributed by atoms with Crippen LogP contribution in [0.25, 0.3) is 0 Å². The Morgan fingerprint density at radius 3 is 2.79 bits per heavy atom. The Morgan fingerprint density at radius 2 is 2.14 bits per heavy atom. The van der Waals surface area contributed by atoms with Gasteiger partial charge in [0.05, 0.1) is 36.7 Å². The maximum Gasteiger partial charge on any atom is 0.251 e. The molecule has 0 aliphatic carbocycles. The topological polar surface area (TPSA) is 104 Å². The second-order valence-electron chi connectivity index (χ2n) is 7.32. The van der Waals surface area contributed by atoms with Gasteiger partial charge in [-0.3, -0.25) is 9.59 Å². The van der Waals surface area contributed by atoms with Gasteiger partial charge in [0.1, 0.15) is 5.00 Å². The molecule has 0 bridgehead atoms. The number of nitrogens with one attached hydrogen (secondary N) is 2. The van der Waals surface area contributed by atoms with Crippen LogP contribution in [-0.2, 0) is 6.42 Å². The molecule has 2 atom stereocenters. The van der Waals surface area contributed by atoms with Crippen molar-refractivity contribution in [2.24, 2.45) is 5.73 Å². The summed E-state index contributed by atoms with van der Waals surface area (Å²) in [6.45, 7) is 4.28. The molecule has 0 fully saturated rings. The van der Waals surface area contributed by atoms with Crippen molar-refractivity contribution in [3.63, 3.8) is 0 Å². The zero-order chi connectivity index (χ0) is 20.9. The van der Waals surface area contributed by atoms with Crippen LogP contribution in [0.2, 0.25) is 0 Å². The Labute approximate surface area is 172 Å². The summed E-state index contributed by atoms with van der Waals surface area (Å²) < 4.78 is 16.9. The predicted molar refractivity (Wildman–Crippen MR) is 109 cm³/mol. The fraction of sp³-hybridized carbons (Fsp3) is 0.400. The number of ether oxygens (including phenoxy) is 3. The lowest BCUT2D eigenvalue weighted by molar-refractivity contribution is -0.910. The summed E-state index contributed by atoms with van der Waals surface area (Å²) in [6, 6.07) is 2.00. The van der Waals surface area contributed by atoms with Crippen molar-refractivity contribution in [2.45, 2.75) is 26.4 Å². The molecule has 3 heterocycles. The van der Waals surface area contributed by atoms with Crippen molar-refractivity contribution in [2.75, 3.05) is 32.8 Å². The second-order valence-corrected chi connectivity index (χ2v) is 8.34. The first-order valence-corrected chi connectivity index (χ1v) is 10.2. The number of hydrogen-bond donors (Lipinski definition) is 3. The highest BCUT2D eigenvalue weighted by Gasteiger charge is 2.37. The third-order valence-corrected chi connectivity index (χ3v) is 6.83. The molecule has 4 rings (SSSR count). The minimum absolute atomic E-state index is 0.0891. The number of Topliss-reactive ketones (excluding diaryl/α,β-unsaturated/α-hetero) is 1. The summed E-state index contributed by atoms with van der Waals surface area (Å²) >= 11 is 1.26. The van der Waals surface area contributed by atoms with Crippen LogP contribution in [0.1, 0.15) is 49.8 Å². The molecule has 154 valence electrons. The van der Waals surface area contributed by atoms with Crippen LogP contribution in [0.5, 0.6) is 17.2 Å². The van der Waals surface area contributed by atoms with E-state index in [0.717, 1.165) is 24.1 Å². The van der Waals surface area contributed by atoms with Gasteiger partial charge in [0.25, 0.3) is 5.91 Å². The van der Waals surface area contributed by atoms with Crippen molar-refractivity contribution in [1.82, 2.24) is 0 Å². The number of carbonyl (C=O) groups is 2. The zero-order valence-corrected chi connectivity index (χ0v) is 17.6. The van der Waals surface area contributed by atoms with E-state index in [1.54, 1.807) is 14.0 Å². The van der Waals surface area contributed by atoms with Crippen molar-refractivity contribution < 1.29 is 28.7 Å². The molecule has 4 N–H and O–H groups in total. The SMILES string of the molecule is COc1c2c(cc3c1[C@H](Nc1sc(C(C)=O)c(C)c1C(N)=O)[NH+](C)CC3)OCO2. The minimum Gasteiger partial charge on any atom is -0.492 e. The fourth-order valence-electron chi connectivity index (χ4n) is 4.10. The van der Waals surface area contributed by atoms with Crippen molar-refractivity contribution in [3.8, 4) is 17.2 Å². The Bertz CT molecular complexity index is 1020. The molecule has 8 nitrogen and oxygen atoms in total. The number of primary amides is 1. The Hall–Kier alpha value is -2.78. The zero-order valence-electron chi connectivity index (χ0n) is 16.8. The first kappa shape index (κ1) is 19.5. The van der Waals surface area contributed by atoms with Gasteiger partial charge >= 0.3 is 0 Å². The summed E-state index contributed by atoms with van der Waals surface area (Å²) in [4.78, 5) is 25.9. The van der Waals surface area contributed by atoms with E-state index < -0.39 is 5.91 Å². The summed E-state index contributed by atoms with van der Waals surface area (Å²) in [5.41, 5.74) is 8.69. The van der Waals surface area contributed by atoms with E-state index in [9.17, 15) is 9.59 Å². The molecule has 29 heavy (non-hydrogen) atoms. The fourth-order valence-corrected chi connectivity index (χ4v) is 5.24. The van der Waals surface area contributed by atoms with Gasteiger partial charge in [-0.15, -0.1) is 11.3 Å². The van der Waals surface area contributed by atoms with Gasteiger partial charge in [-0.05, 0) is 31.0 Å². The van der Waals surface area contributed by atoms with E-state index in [-0.39, 0.29) is 18.7 Å². The van der Waals surface area contributed by atoms with Gasteiger partial charge in [0, 0.05) is 6.42 Å². The number of anilines is 1. The number of benzene rings is 1. The maximum absolute atomic E-state index is 12.1. The van der Waals surface area contributed by atoms with Crippen molar-refractivity contribution in [3.05, 3.63) is 33.2 Å². The van der Waals surface area contributed by atoms with Crippen LogP contribution in [0.3, 0.4) is 0 Å². The molecule has 2 aromatic rings. The average Bonchev–Trinajstić information content (AvgIpc) is 3.26. The molecule has 1 unspecified atom stereocenters. The highest BCUT2D eigenvalue weighted by atomic mass is 32.1. The number of methoxy groups -OCH3 is 1. The lowest BCUT2D eigenvalue weighted by Crippen LogP contribution is -3.11. The third-order valence-electron chi connectivity index (χ3n) is 5.51. The highest BCUT2D eigenvalue weighted by molar-refractivity contribution is 7.18. The Kier molecular flexibility index (Phi) is 4.87. The van der Waals surface area contributed by atoms with Crippen molar-refractivity contribution >= 4 is 28.0 Å². The number of hydrogen-bond acceptors (Lipinski definition) is 7. The van der Waals surface area contributed by atoms with Gasteiger partial charge in [0.15, 0.2) is 23.4 Å². The number of amides is 1. The number of quaternary nitrogens is 1. The van der Waals surface area contributed by atoms with E-state index in [2.05, 4.69) is 12.4 Å². The number of likely N-dealkylation sites (N-methyl/N-ethyl adjacent to an activating group) is 1. The van der Waals surface area contributed by atoms with Crippen LogP contribution in [0.15, 0.2) is 6.07 Å². The van der Waals surface area contributed by atoms with Gasteiger partial charge in [-0.25, -0.2) is 0 Å². The molecule has 2 aliphatic rings. The molecule has 0 radical (unpaired) electrons. The first-order chi connectivity index (χ1) is 13.8. The molecule has 1 amide bonds. The monoisotopic (exact) mass is 418 g/mol. The van der Waals surface area contributed by atoms with E-state index in [1.807, 2.05) is 6.07 Å². The van der Waals surface area contributed by atoms with Gasteiger partial charge in [-0.2, -0.15) is 0 Å². The molecular formula is C20H24N3O5S+. The molecule has 9 heteroatoms. The van der Waals surface area contributed by atoms with Gasteiger partial charge in [0.2, 0.25) is 12.5 Å². The smallest absolute Gasteiger partial charge is 0.251 e. The normalized spacial score (nSPS) is 19.6. The van der Waals surface area contributed by atoms with E-state index in [4.69, 9.17) is 19.9 Å². The summed E-state index contributed by atoms with van der Waals surface area (Å²) in [7, 11) is 3.68. The molecular weight excluding hydrogens is 394 g/mol. The highest BCUT2D eigenvalue weighted by Crippen LogP contribution is 2.48. The number of carbonyl (C=O) groups excluding carboxylic acids is 2. The summed E-state index contributed by atoms with van der Waals surface area (Å²) in [5, 5.41) is 4.07. The molecule has 0 saturated carbocycles. The molecule has 1 aromatic carbocycles. The van der Waals surface area contributed by atoms with E-state index in [1.165, 1.54) is 23.2 Å². The summed E-state index contributed by atoms with van der Waals surface area (Å²) in [5.74, 6) is 1.26. The second kappa shape index (κ2) is 7.23. The van der Waals surface area contributed by atoms with Crippen LogP contribution >= 0.6 is 11.3 Å². The molecule has 2 aliphatic heterocycles. The maximum atomic E-state index is 12.1. The average molecular weight is 418 g/mol. The number of thiophene rings is 1. The minimum atomic E-state index is -0.555. The largest absolute Gasteiger partial charge is 0.492 e. The molecule has 0 spiro atoms. The number of fused-ring (bicyclic) bond motifs is 2. The van der Waals surface area contributed by atoms with Gasteiger partial charge in [-0.1, -0.05) is 0 Å². The van der Waals surface area contributed by atoms with Crippen molar-refractivity contribution in [1.29, 1.82) is 0 Å².